The molecule has 2 aliphatic rings. The minimum Gasteiger partial charge on any atom is -0.497 e. The third-order valence-corrected chi connectivity index (χ3v) is 4.84. The number of fused-ring (bicyclic) bond motifs is 1. The summed E-state index contributed by atoms with van der Waals surface area (Å²) < 4.78 is 10.4. The molecule has 1 aromatic carbocycles. The standard InChI is InChI=1S/C19H22N2O5/c1-25-12-7-8-15(16(11-12)26-2)20-17(22)9-10-21-18(23)13-5-3-4-6-14(13)19(21)24/h3-4,7-8,11,13-14H,5-6,9-10H2,1-2H3,(H,20,22)/t13-,14+. The van der Waals surface area contributed by atoms with Crippen molar-refractivity contribution in [1.29, 1.82) is 0 Å². The van der Waals surface area contributed by atoms with Gasteiger partial charge in [0.15, 0.2) is 0 Å². The van der Waals surface area contributed by atoms with Gasteiger partial charge < -0.3 is 14.8 Å². The number of hydrogen-bond acceptors (Lipinski definition) is 5. The van der Waals surface area contributed by atoms with Crippen LogP contribution in [0.4, 0.5) is 5.69 Å². The molecule has 0 saturated carbocycles. The highest BCUT2D eigenvalue weighted by atomic mass is 16.5. The molecule has 1 heterocycles. The highest BCUT2D eigenvalue weighted by Gasteiger charge is 2.46. The molecule has 3 rings (SSSR count). The maximum absolute atomic E-state index is 12.4. The normalized spacial score (nSPS) is 21.5. The second-order valence-electron chi connectivity index (χ2n) is 6.35. The number of ether oxygens (including phenoxy) is 2. The molecule has 7 nitrogen and oxygen atoms in total. The van der Waals surface area contributed by atoms with Crippen LogP contribution in [0.1, 0.15) is 19.3 Å². The van der Waals surface area contributed by atoms with Crippen molar-refractivity contribution in [2.75, 3.05) is 26.1 Å². The molecular weight excluding hydrogens is 336 g/mol. The van der Waals surface area contributed by atoms with Crippen molar-refractivity contribution in [1.82, 2.24) is 4.90 Å². The summed E-state index contributed by atoms with van der Waals surface area (Å²) >= 11 is 0. The number of nitrogens with zero attached hydrogens (tertiary/aromatic N) is 1. The van der Waals surface area contributed by atoms with Crippen LogP contribution < -0.4 is 14.8 Å². The van der Waals surface area contributed by atoms with Crippen LogP contribution >= 0.6 is 0 Å². The van der Waals surface area contributed by atoms with Crippen LogP contribution in [0.15, 0.2) is 30.4 Å². The zero-order valence-electron chi connectivity index (χ0n) is 14.9. The largest absolute Gasteiger partial charge is 0.497 e. The number of benzene rings is 1. The van der Waals surface area contributed by atoms with Crippen molar-refractivity contribution in [2.45, 2.75) is 19.3 Å². The summed E-state index contributed by atoms with van der Waals surface area (Å²) in [5.74, 6) is -0.0673. The molecular formula is C19H22N2O5. The highest BCUT2D eigenvalue weighted by Crippen LogP contribution is 2.35. The monoisotopic (exact) mass is 358 g/mol. The van der Waals surface area contributed by atoms with Crippen molar-refractivity contribution < 1.29 is 23.9 Å². The average Bonchev–Trinajstić information content (AvgIpc) is 2.91. The van der Waals surface area contributed by atoms with E-state index >= 15 is 0 Å². The molecule has 0 radical (unpaired) electrons. The second kappa shape index (κ2) is 7.59. The Kier molecular flexibility index (Phi) is 5.25. The van der Waals surface area contributed by atoms with Crippen molar-refractivity contribution in [3.63, 3.8) is 0 Å². The minimum atomic E-state index is -0.290. The molecule has 26 heavy (non-hydrogen) atoms. The maximum Gasteiger partial charge on any atom is 0.233 e. The Morgan fingerprint density at radius 3 is 2.35 bits per heavy atom. The van der Waals surface area contributed by atoms with Gasteiger partial charge in [0.25, 0.3) is 0 Å². The van der Waals surface area contributed by atoms with Gasteiger partial charge in [-0.05, 0) is 25.0 Å². The number of allylic oxidation sites excluding steroid dienone is 2. The van der Waals surface area contributed by atoms with E-state index in [1.165, 1.54) is 12.0 Å². The number of rotatable bonds is 6. The van der Waals surface area contributed by atoms with Crippen molar-refractivity contribution in [3.8, 4) is 11.5 Å². The first-order valence-corrected chi connectivity index (χ1v) is 8.57. The summed E-state index contributed by atoms with van der Waals surface area (Å²) in [7, 11) is 3.05. The Bertz CT molecular complexity index is 732. The van der Waals surface area contributed by atoms with Gasteiger partial charge in [0, 0.05) is 19.0 Å². The predicted molar refractivity (Wildman–Crippen MR) is 94.9 cm³/mol. The Morgan fingerprint density at radius 2 is 1.77 bits per heavy atom. The van der Waals surface area contributed by atoms with E-state index in [9.17, 15) is 14.4 Å². The molecule has 1 aromatic rings. The molecule has 1 aliphatic heterocycles. The number of imide groups is 1. The minimum absolute atomic E-state index is 0.0412. The first-order chi connectivity index (χ1) is 12.5. The van der Waals surface area contributed by atoms with Gasteiger partial charge in [0.2, 0.25) is 17.7 Å². The first-order valence-electron chi connectivity index (χ1n) is 8.57. The molecule has 3 amide bonds. The van der Waals surface area contributed by atoms with E-state index in [0.717, 1.165) is 0 Å². The van der Waals surface area contributed by atoms with Gasteiger partial charge >= 0.3 is 0 Å². The second-order valence-corrected chi connectivity index (χ2v) is 6.35. The molecule has 1 aliphatic carbocycles. The fourth-order valence-corrected chi connectivity index (χ4v) is 3.42. The molecule has 2 atom stereocenters. The van der Waals surface area contributed by atoms with Crippen LogP contribution in [0.5, 0.6) is 11.5 Å². The summed E-state index contributed by atoms with van der Waals surface area (Å²) in [6, 6.07) is 5.06. The number of carbonyl (C=O) groups is 3. The van der Waals surface area contributed by atoms with Crippen LogP contribution in [0.25, 0.3) is 0 Å². The molecule has 0 aromatic heterocycles. The molecule has 1 fully saturated rings. The molecule has 0 bridgehead atoms. The molecule has 0 spiro atoms. The Morgan fingerprint density at radius 1 is 1.12 bits per heavy atom. The Balaban J connectivity index is 1.60. The van der Waals surface area contributed by atoms with Crippen molar-refractivity contribution in [2.24, 2.45) is 11.8 Å². The third kappa shape index (κ3) is 3.42. The molecule has 1 N–H and O–H groups in total. The molecule has 7 heteroatoms. The number of nitrogens with one attached hydrogen (secondary N) is 1. The van der Waals surface area contributed by atoms with Crippen molar-refractivity contribution in [3.05, 3.63) is 30.4 Å². The van der Waals surface area contributed by atoms with Gasteiger partial charge in [-0.2, -0.15) is 0 Å². The van der Waals surface area contributed by atoms with Gasteiger partial charge in [-0.25, -0.2) is 0 Å². The summed E-state index contributed by atoms with van der Waals surface area (Å²) in [5, 5.41) is 2.75. The number of likely N-dealkylation sites (tertiary alicyclic amines) is 1. The quantitative estimate of drug-likeness (QED) is 0.621. The lowest BCUT2D eigenvalue weighted by molar-refractivity contribution is -0.140. The number of anilines is 1. The SMILES string of the molecule is COc1ccc(NC(=O)CCN2C(=O)[C@H]3CC=CC[C@H]3C2=O)c(OC)c1. The van der Waals surface area contributed by atoms with Crippen molar-refractivity contribution >= 4 is 23.4 Å². The van der Waals surface area contributed by atoms with Gasteiger partial charge in [-0.1, -0.05) is 12.2 Å². The first kappa shape index (κ1) is 18.0. The van der Waals surface area contributed by atoms with E-state index < -0.39 is 0 Å². The Hall–Kier alpha value is -2.83. The van der Waals surface area contributed by atoms with Crippen LogP contribution in [0.3, 0.4) is 0 Å². The third-order valence-electron chi connectivity index (χ3n) is 4.84. The van der Waals surface area contributed by atoms with Gasteiger partial charge in [0.05, 0.1) is 31.7 Å². The zero-order chi connectivity index (χ0) is 18.7. The molecule has 0 unspecified atom stereocenters. The average molecular weight is 358 g/mol. The summed E-state index contributed by atoms with van der Waals surface area (Å²) in [6.45, 7) is 0.0922. The number of methoxy groups -OCH3 is 2. The van der Waals surface area contributed by atoms with E-state index in [-0.39, 0.29) is 42.5 Å². The van der Waals surface area contributed by atoms with Crippen LogP contribution in [0.2, 0.25) is 0 Å². The van der Waals surface area contributed by atoms with Crippen LogP contribution in [0, 0.1) is 11.8 Å². The van der Waals surface area contributed by atoms with E-state index in [1.54, 1.807) is 25.3 Å². The smallest absolute Gasteiger partial charge is 0.233 e. The molecule has 1 saturated heterocycles. The fraction of sp³-hybridized carbons (Fsp3) is 0.421. The topological polar surface area (TPSA) is 84.9 Å². The zero-order valence-corrected chi connectivity index (χ0v) is 14.9. The summed E-state index contributed by atoms with van der Waals surface area (Å²) in [5.41, 5.74) is 0.509. The molecule has 138 valence electrons. The number of carbonyl (C=O) groups excluding carboxylic acids is 3. The maximum atomic E-state index is 12.4. The van der Waals surface area contributed by atoms with Gasteiger partial charge in [-0.15, -0.1) is 0 Å². The Labute approximate surface area is 151 Å². The lowest BCUT2D eigenvalue weighted by Gasteiger charge is -2.15. The van der Waals surface area contributed by atoms with E-state index in [1.807, 2.05) is 12.2 Å². The van der Waals surface area contributed by atoms with Gasteiger partial charge in [0.1, 0.15) is 11.5 Å². The fourth-order valence-electron chi connectivity index (χ4n) is 3.42. The van der Waals surface area contributed by atoms with Crippen LogP contribution in [-0.2, 0) is 14.4 Å². The lowest BCUT2D eigenvalue weighted by atomic mass is 9.85. The van der Waals surface area contributed by atoms with Crippen LogP contribution in [-0.4, -0.2) is 43.4 Å². The number of amides is 3. The lowest BCUT2D eigenvalue weighted by Crippen LogP contribution is -2.34. The van der Waals surface area contributed by atoms with E-state index in [4.69, 9.17) is 9.47 Å². The van der Waals surface area contributed by atoms with Gasteiger partial charge in [-0.3, -0.25) is 19.3 Å². The van der Waals surface area contributed by atoms with E-state index in [0.29, 0.717) is 30.0 Å². The predicted octanol–water partition coefficient (Wildman–Crippen LogP) is 1.98. The summed E-state index contributed by atoms with van der Waals surface area (Å²) in [4.78, 5) is 38.3. The van der Waals surface area contributed by atoms with E-state index in [2.05, 4.69) is 5.32 Å². The number of hydrogen-bond donors (Lipinski definition) is 1. The highest BCUT2D eigenvalue weighted by molar-refractivity contribution is 6.06. The summed E-state index contributed by atoms with van der Waals surface area (Å²) in [6.07, 6.45) is 5.12.